The zero-order valence-electron chi connectivity index (χ0n) is 22.3. The van der Waals surface area contributed by atoms with Crippen molar-refractivity contribution in [3.63, 3.8) is 0 Å². The first-order valence-corrected chi connectivity index (χ1v) is 14.0. The number of benzene rings is 1. The summed E-state index contributed by atoms with van der Waals surface area (Å²) in [6.45, 7) is 3.13. The van der Waals surface area contributed by atoms with E-state index in [1.165, 1.54) is 25.0 Å². The molecule has 1 N–H and O–H groups in total. The first kappa shape index (κ1) is 25.6. The monoisotopic (exact) mass is 559 g/mol. The van der Waals surface area contributed by atoms with Crippen LogP contribution in [0, 0.1) is 16.7 Å². The minimum absolute atomic E-state index is 0.127. The average molecular weight is 560 g/mol. The van der Waals surface area contributed by atoms with Gasteiger partial charge in [-0.15, -0.1) is 13.2 Å². The molecule has 2 saturated heterocycles. The number of halogens is 3. The maximum Gasteiger partial charge on any atom is 0.573 e. The number of carbonyl (C=O) groups is 2. The van der Waals surface area contributed by atoms with Gasteiger partial charge in [0.25, 0.3) is 0 Å². The van der Waals surface area contributed by atoms with Crippen molar-refractivity contribution in [2.75, 3.05) is 33.3 Å². The lowest BCUT2D eigenvalue weighted by Crippen LogP contribution is -2.70. The van der Waals surface area contributed by atoms with Crippen molar-refractivity contribution in [2.45, 2.75) is 63.1 Å². The van der Waals surface area contributed by atoms with Gasteiger partial charge in [-0.3, -0.25) is 5.10 Å². The smallest absolute Gasteiger partial charge is 0.465 e. The Labute approximate surface area is 229 Å². The number of nitrogens with one attached hydrogen (secondary N) is 1. The van der Waals surface area contributed by atoms with Gasteiger partial charge in [0, 0.05) is 48.8 Å². The molecule has 3 aliphatic carbocycles. The third kappa shape index (κ3) is 4.58. The summed E-state index contributed by atoms with van der Waals surface area (Å²) >= 11 is 0. The molecule has 9 nitrogen and oxygen atoms in total. The second kappa shape index (κ2) is 8.84. The zero-order chi connectivity index (χ0) is 27.9. The number of nitrogens with zero attached hydrogens (tertiary/aromatic N) is 4. The Hall–Kier alpha value is -3.31. The highest BCUT2D eigenvalue weighted by Gasteiger charge is 2.58. The summed E-state index contributed by atoms with van der Waals surface area (Å²) in [5, 5.41) is 7.50. The second-order valence-electron chi connectivity index (χ2n) is 12.8. The number of hydrogen-bond acceptors (Lipinski definition) is 6. The number of carbonyl (C=O) groups excluding carboxylic acids is 2. The molecule has 2 amide bonds. The van der Waals surface area contributed by atoms with E-state index in [0.29, 0.717) is 24.2 Å². The fourth-order valence-electron chi connectivity index (χ4n) is 7.52. The standard InChI is InChI=1S/C28H32F3N5O4/c1-39-24(37)20-7-16(2-5-21(20)40-28(29,30)31)6-17-8-26(9-17)12-35(13-26)25(38)36-14-27(15-36)10-19(11-27)23-32-22(33-34-23)18-3-4-18/h2,5,7,17-19H,3-4,6,8-15H2,1H3,(H,32,33,34). The summed E-state index contributed by atoms with van der Waals surface area (Å²) in [6.07, 6.45) is 2.16. The van der Waals surface area contributed by atoms with Crippen molar-refractivity contribution >= 4 is 12.0 Å². The van der Waals surface area contributed by atoms with Gasteiger partial charge in [0.05, 0.1) is 7.11 Å². The molecule has 0 atom stereocenters. The zero-order valence-corrected chi connectivity index (χ0v) is 22.3. The van der Waals surface area contributed by atoms with Crippen LogP contribution in [-0.2, 0) is 11.2 Å². The third-order valence-corrected chi connectivity index (χ3v) is 9.50. The van der Waals surface area contributed by atoms with E-state index in [0.717, 1.165) is 76.2 Å². The van der Waals surface area contributed by atoms with Crippen LogP contribution in [0.25, 0.3) is 0 Å². The van der Waals surface area contributed by atoms with E-state index in [2.05, 4.69) is 19.7 Å². The van der Waals surface area contributed by atoms with Crippen LogP contribution in [-0.4, -0.2) is 76.6 Å². The summed E-state index contributed by atoms with van der Waals surface area (Å²) < 4.78 is 46.8. The number of aromatic nitrogens is 3. The van der Waals surface area contributed by atoms with Gasteiger partial charge in [-0.2, -0.15) is 5.10 Å². The fraction of sp³-hybridized carbons (Fsp3) is 0.643. The maximum atomic E-state index is 13.0. The van der Waals surface area contributed by atoms with Crippen molar-refractivity contribution in [1.82, 2.24) is 25.0 Å². The summed E-state index contributed by atoms with van der Waals surface area (Å²) in [6, 6.07) is 4.29. The molecule has 0 bridgehead atoms. The lowest BCUT2D eigenvalue weighted by molar-refractivity contribution is -0.274. The maximum absolute atomic E-state index is 13.0. The molecule has 3 heterocycles. The Kier molecular flexibility index (Phi) is 5.67. The predicted molar refractivity (Wildman–Crippen MR) is 135 cm³/mol. The Morgan fingerprint density at radius 2 is 1.68 bits per heavy atom. The highest BCUT2D eigenvalue weighted by Crippen LogP contribution is 2.57. The lowest BCUT2D eigenvalue weighted by atomic mass is 9.56. The number of amides is 2. The van der Waals surface area contributed by atoms with Crippen molar-refractivity contribution in [1.29, 1.82) is 0 Å². The van der Waals surface area contributed by atoms with E-state index in [9.17, 15) is 22.8 Å². The molecule has 5 aliphatic rings. The van der Waals surface area contributed by atoms with Crippen molar-refractivity contribution in [3.05, 3.63) is 41.0 Å². The molecule has 40 heavy (non-hydrogen) atoms. The molecule has 2 aliphatic heterocycles. The molecule has 7 rings (SSSR count). The van der Waals surface area contributed by atoms with E-state index in [1.807, 2.05) is 9.80 Å². The first-order valence-electron chi connectivity index (χ1n) is 14.0. The molecule has 0 unspecified atom stereocenters. The number of likely N-dealkylation sites (tertiary alicyclic amines) is 2. The Bertz CT molecular complexity index is 1330. The van der Waals surface area contributed by atoms with Crippen LogP contribution in [0.3, 0.4) is 0 Å². The van der Waals surface area contributed by atoms with Gasteiger partial charge in [0.15, 0.2) is 5.82 Å². The van der Waals surface area contributed by atoms with E-state index < -0.39 is 18.1 Å². The van der Waals surface area contributed by atoms with E-state index >= 15 is 0 Å². The molecule has 5 fully saturated rings. The quantitative estimate of drug-likeness (QED) is 0.519. The largest absolute Gasteiger partial charge is 0.573 e. The number of aromatic amines is 1. The van der Waals surface area contributed by atoms with Gasteiger partial charge >= 0.3 is 18.4 Å². The predicted octanol–water partition coefficient (Wildman–Crippen LogP) is 4.62. The molecule has 3 saturated carbocycles. The van der Waals surface area contributed by atoms with Gasteiger partial charge in [-0.05, 0) is 68.6 Å². The summed E-state index contributed by atoms with van der Waals surface area (Å²) in [5.41, 5.74) is 0.905. The molecular formula is C28H32F3N5O4. The Morgan fingerprint density at radius 3 is 2.27 bits per heavy atom. The van der Waals surface area contributed by atoms with Gasteiger partial charge in [-0.25, -0.2) is 14.6 Å². The van der Waals surface area contributed by atoms with E-state index in [4.69, 9.17) is 4.98 Å². The molecule has 214 valence electrons. The molecule has 2 aromatic rings. The van der Waals surface area contributed by atoms with Crippen LogP contribution in [0.15, 0.2) is 18.2 Å². The summed E-state index contributed by atoms with van der Waals surface area (Å²) in [5.74, 6) is 1.87. The van der Waals surface area contributed by atoms with Gasteiger partial charge in [-0.1, -0.05) is 6.07 Å². The third-order valence-electron chi connectivity index (χ3n) is 9.50. The minimum atomic E-state index is -4.90. The minimum Gasteiger partial charge on any atom is -0.465 e. The van der Waals surface area contributed by atoms with E-state index in [1.54, 1.807) is 6.07 Å². The number of esters is 1. The van der Waals surface area contributed by atoms with Crippen LogP contribution >= 0.6 is 0 Å². The number of methoxy groups -OCH3 is 1. The first-order chi connectivity index (χ1) is 19.0. The highest BCUT2D eigenvalue weighted by atomic mass is 19.4. The van der Waals surface area contributed by atoms with Gasteiger partial charge in [0.2, 0.25) is 0 Å². The van der Waals surface area contributed by atoms with Crippen molar-refractivity contribution in [2.24, 2.45) is 16.7 Å². The number of hydrogen-bond donors (Lipinski definition) is 1. The van der Waals surface area contributed by atoms with Crippen molar-refractivity contribution < 1.29 is 32.2 Å². The van der Waals surface area contributed by atoms with Crippen LogP contribution < -0.4 is 4.74 Å². The van der Waals surface area contributed by atoms with Crippen LogP contribution in [0.5, 0.6) is 5.75 Å². The second-order valence-corrected chi connectivity index (χ2v) is 12.8. The highest BCUT2D eigenvalue weighted by molar-refractivity contribution is 5.92. The molecule has 2 spiro atoms. The molecule has 1 aromatic heterocycles. The molecular weight excluding hydrogens is 527 g/mol. The Balaban J connectivity index is 0.861. The number of rotatable bonds is 6. The van der Waals surface area contributed by atoms with Crippen LogP contribution in [0.1, 0.15) is 77.9 Å². The van der Waals surface area contributed by atoms with Crippen molar-refractivity contribution in [3.8, 4) is 5.75 Å². The molecule has 12 heteroatoms. The molecule has 1 aromatic carbocycles. The lowest BCUT2D eigenvalue weighted by Gasteiger charge is -2.63. The van der Waals surface area contributed by atoms with E-state index in [-0.39, 0.29) is 22.4 Å². The normalized spacial score (nSPS) is 23.3. The summed E-state index contributed by atoms with van der Waals surface area (Å²) in [4.78, 5) is 33.7. The Morgan fingerprint density at radius 1 is 1.02 bits per heavy atom. The average Bonchev–Trinajstić information content (AvgIpc) is 3.54. The number of H-pyrrole nitrogens is 1. The fourth-order valence-corrected chi connectivity index (χ4v) is 7.52. The molecule has 0 radical (unpaired) electrons. The SMILES string of the molecule is COC(=O)c1cc(CC2CC3(C2)CN(C(=O)N2CC4(CC(c5nc(C6CC6)n[nH]5)C4)C2)C3)ccc1OC(F)(F)F. The number of urea groups is 1. The number of alkyl halides is 3. The number of ether oxygens (including phenoxy) is 2. The van der Waals surface area contributed by atoms with Gasteiger partial charge < -0.3 is 19.3 Å². The topological polar surface area (TPSA) is 101 Å². The van der Waals surface area contributed by atoms with Crippen LogP contribution in [0.2, 0.25) is 0 Å². The van der Waals surface area contributed by atoms with Crippen LogP contribution in [0.4, 0.5) is 18.0 Å². The summed E-state index contributed by atoms with van der Waals surface area (Å²) in [7, 11) is 1.12. The van der Waals surface area contributed by atoms with Gasteiger partial charge in [0.1, 0.15) is 17.1 Å².